The van der Waals surface area contributed by atoms with Gasteiger partial charge in [-0.05, 0) is 18.2 Å². The Morgan fingerprint density at radius 2 is 2.16 bits per heavy atom. The molecule has 4 aromatic heterocycles. The maximum absolute atomic E-state index is 5.35. The normalized spacial score (nSPS) is 11.4. The van der Waals surface area contributed by atoms with Crippen LogP contribution in [0.5, 0.6) is 0 Å². The van der Waals surface area contributed by atoms with Crippen LogP contribution in [-0.2, 0) is 6.42 Å². The number of nitrogens with one attached hydrogen (secondary N) is 1. The highest BCUT2D eigenvalue weighted by Gasteiger charge is 2.12. The lowest BCUT2D eigenvalue weighted by molar-refractivity contribution is 0.386. The number of hydrogen-bond acceptors (Lipinski definition) is 8. The van der Waals surface area contributed by atoms with Crippen molar-refractivity contribution < 1.29 is 4.52 Å². The second-order valence-corrected chi connectivity index (χ2v) is 7.04. The van der Waals surface area contributed by atoms with E-state index in [2.05, 4.69) is 30.1 Å². The van der Waals surface area contributed by atoms with Gasteiger partial charge in [-0.3, -0.25) is 4.98 Å². The van der Waals surface area contributed by atoms with E-state index in [1.54, 1.807) is 33.7 Å². The highest BCUT2D eigenvalue weighted by molar-refractivity contribution is 7.09. The van der Waals surface area contributed by atoms with E-state index in [0.717, 1.165) is 33.0 Å². The van der Waals surface area contributed by atoms with Crippen LogP contribution in [0.4, 0.5) is 0 Å². The van der Waals surface area contributed by atoms with Gasteiger partial charge in [0.15, 0.2) is 5.82 Å². The predicted molar refractivity (Wildman–Crippen MR) is 95.4 cm³/mol. The van der Waals surface area contributed by atoms with Crippen molar-refractivity contribution in [2.24, 2.45) is 0 Å². The second kappa shape index (κ2) is 5.87. The van der Waals surface area contributed by atoms with E-state index in [0.29, 0.717) is 18.1 Å². The van der Waals surface area contributed by atoms with Crippen LogP contribution < -0.4 is 0 Å². The Kier molecular flexibility index (Phi) is 3.39. The van der Waals surface area contributed by atoms with Crippen LogP contribution in [-0.4, -0.2) is 30.1 Å². The van der Waals surface area contributed by atoms with Gasteiger partial charge in [0, 0.05) is 22.0 Å². The summed E-state index contributed by atoms with van der Waals surface area (Å²) in [6.45, 7) is 0. The standard InChI is InChI=1S/C16H10N6OS2/c1-2-11-12(20-16(19-11)13-6-24-8-18-13)3-9(1)15-21-14(23-22-15)4-10-5-17-7-25-10/h1-3,5-8H,4H2,(H,19,20). The summed E-state index contributed by atoms with van der Waals surface area (Å²) < 4.78 is 5.35. The second-order valence-electron chi connectivity index (χ2n) is 5.35. The summed E-state index contributed by atoms with van der Waals surface area (Å²) in [5, 5.41) is 6.05. The van der Waals surface area contributed by atoms with E-state index in [1.807, 2.05) is 29.8 Å². The van der Waals surface area contributed by atoms with E-state index in [9.17, 15) is 0 Å². The number of H-pyrrole nitrogens is 1. The molecule has 1 aromatic carbocycles. The maximum Gasteiger partial charge on any atom is 0.232 e. The van der Waals surface area contributed by atoms with E-state index in [1.165, 1.54) is 0 Å². The van der Waals surface area contributed by atoms with Crippen molar-refractivity contribution in [3.05, 3.63) is 51.6 Å². The van der Waals surface area contributed by atoms with Gasteiger partial charge >= 0.3 is 0 Å². The van der Waals surface area contributed by atoms with Gasteiger partial charge in [0.05, 0.1) is 28.5 Å². The zero-order chi connectivity index (χ0) is 16.6. The molecule has 0 spiro atoms. The van der Waals surface area contributed by atoms with Crippen molar-refractivity contribution in [3.63, 3.8) is 0 Å². The molecular weight excluding hydrogens is 356 g/mol. The molecule has 0 fully saturated rings. The Hall–Kier alpha value is -2.91. The van der Waals surface area contributed by atoms with Crippen LogP contribution in [0.3, 0.4) is 0 Å². The van der Waals surface area contributed by atoms with Crippen molar-refractivity contribution >= 4 is 33.7 Å². The summed E-state index contributed by atoms with van der Waals surface area (Å²) in [6.07, 6.45) is 2.41. The smallest absolute Gasteiger partial charge is 0.232 e. The number of thiazole rings is 2. The molecule has 0 radical (unpaired) electrons. The van der Waals surface area contributed by atoms with E-state index in [4.69, 9.17) is 4.52 Å². The van der Waals surface area contributed by atoms with Crippen molar-refractivity contribution in [2.75, 3.05) is 0 Å². The SMILES string of the molecule is c1nc(-c2nc3ccc(-c4noc(Cc5cncs5)n4)cc3[nH]2)cs1. The van der Waals surface area contributed by atoms with Gasteiger partial charge < -0.3 is 9.51 Å². The molecule has 0 amide bonds. The van der Waals surface area contributed by atoms with Crippen molar-refractivity contribution in [1.82, 2.24) is 30.1 Å². The van der Waals surface area contributed by atoms with Gasteiger partial charge in [0.1, 0.15) is 5.69 Å². The van der Waals surface area contributed by atoms with Crippen LogP contribution in [0.2, 0.25) is 0 Å². The van der Waals surface area contributed by atoms with Crippen LogP contribution in [0, 0.1) is 0 Å². The Bertz CT molecular complexity index is 1130. The molecule has 5 aromatic rings. The lowest BCUT2D eigenvalue weighted by Gasteiger charge is -1.93. The molecular formula is C16H10N6OS2. The summed E-state index contributed by atoms with van der Waals surface area (Å²) >= 11 is 3.11. The third kappa shape index (κ3) is 2.73. The fourth-order valence-corrected chi connectivity index (χ4v) is 3.64. The van der Waals surface area contributed by atoms with Crippen LogP contribution in [0.1, 0.15) is 10.8 Å². The molecule has 0 saturated carbocycles. The molecule has 0 aliphatic carbocycles. The maximum atomic E-state index is 5.35. The first kappa shape index (κ1) is 14.4. The van der Waals surface area contributed by atoms with Gasteiger partial charge in [-0.25, -0.2) is 9.97 Å². The van der Waals surface area contributed by atoms with Crippen LogP contribution >= 0.6 is 22.7 Å². The number of imidazole rings is 1. The zero-order valence-electron chi connectivity index (χ0n) is 12.7. The third-order valence-corrected chi connectivity index (χ3v) is 5.06. The average Bonchev–Trinajstić information content (AvgIpc) is 3.40. The molecule has 0 atom stereocenters. The minimum atomic E-state index is 0.561. The number of hydrogen-bond donors (Lipinski definition) is 1. The van der Waals surface area contributed by atoms with Crippen LogP contribution in [0.15, 0.2) is 45.3 Å². The molecule has 7 nitrogen and oxygen atoms in total. The third-order valence-electron chi connectivity index (χ3n) is 3.69. The molecule has 0 saturated heterocycles. The Morgan fingerprint density at radius 1 is 1.16 bits per heavy atom. The molecule has 0 aliphatic heterocycles. The number of aromatic amines is 1. The first-order chi connectivity index (χ1) is 12.3. The van der Waals surface area contributed by atoms with E-state index < -0.39 is 0 Å². The van der Waals surface area contributed by atoms with Crippen molar-refractivity contribution in [3.8, 4) is 22.9 Å². The quantitative estimate of drug-likeness (QED) is 0.520. The lowest BCUT2D eigenvalue weighted by Crippen LogP contribution is -1.85. The number of rotatable bonds is 4. The van der Waals surface area contributed by atoms with Crippen molar-refractivity contribution in [2.45, 2.75) is 6.42 Å². The highest BCUT2D eigenvalue weighted by Crippen LogP contribution is 2.25. The highest BCUT2D eigenvalue weighted by atomic mass is 32.1. The first-order valence-corrected chi connectivity index (χ1v) is 9.26. The molecule has 5 rings (SSSR count). The Labute approximate surface area is 149 Å². The van der Waals surface area contributed by atoms with Gasteiger partial charge in [-0.15, -0.1) is 22.7 Å². The summed E-state index contributed by atoms with van der Waals surface area (Å²) in [7, 11) is 0. The Morgan fingerprint density at radius 3 is 3.00 bits per heavy atom. The summed E-state index contributed by atoms with van der Waals surface area (Å²) in [5.74, 6) is 1.89. The van der Waals surface area contributed by atoms with Crippen LogP contribution in [0.25, 0.3) is 33.9 Å². The molecule has 4 heterocycles. The largest absolute Gasteiger partial charge is 0.339 e. The van der Waals surface area contributed by atoms with Gasteiger partial charge in [-0.2, -0.15) is 4.98 Å². The first-order valence-electron chi connectivity index (χ1n) is 7.44. The average molecular weight is 366 g/mol. The zero-order valence-corrected chi connectivity index (χ0v) is 14.3. The molecule has 25 heavy (non-hydrogen) atoms. The van der Waals surface area contributed by atoms with Crippen molar-refractivity contribution in [1.29, 1.82) is 0 Å². The molecule has 0 bridgehead atoms. The fraction of sp³-hybridized carbons (Fsp3) is 0.0625. The number of nitrogens with zero attached hydrogens (tertiary/aromatic N) is 5. The Balaban J connectivity index is 1.47. The lowest BCUT2D eigenvalue weighted by atomic mass is 10.2. The summed E-state index contributed by atoms with van der Waals surface area (Å²) in [5.41, 5.74) is 7.08. The van der Waals surface area contributed by atoms with E-state index >= 15 is 0 Å². The fourth-order valence-electron chi connectivity index (χ4n) is 2.52. The molecule has 0 unspecified atom stereocenters. The molecule has 0 aliphatic rings. The van der Waals surface area contributed by atoms with E-state index in [-0.39, 0.29) is 0 Å². The number of benzene rings is 1. The topological polar surface area (TPSA) is 93.4 Å². The summed E-state index contributed by atoms with van der Waals surface area (Å²) in [6, 6.07) is 5.85. The van der Waals surface area contributed by atoms with Gasteiger partial charge in [0.25, 0.3) is 0 Å². The predicted octanol–water partition coefficient (Wildman–Crippen LogP) is 3.78. The van der Waals surface area contributed by atoms with Gasteiger partial charge in [0.2, 0.25) is 11.7 Å². The molecule has 9 heteroatoms. The monoisotopic (exact) mass is 366 g/mol. The number of aromatic nitrogens is 6. The molecule has 1 N–H and O–H groups in total. The minimum Gasteiger partial charge on any atom is -0.339 e. The summed E-state index contributed by atoms with van der Waals surface area (Å²) in [4.78, 5) is 21.8. The molecule has 122 valence electrons. The number of fused-ring (bicyclic) bond motifs is 1. The minimum absolute atomic E-state index is 0.561. The van der Waals surface area contributed by atoms with Gasteiger partial charge in [-0.1, -0.05) is 5.16 Å².